The monoisotopic (exact) mass is 286 g/mol. The average Bonchev–Trinajstić information content (AvgIpc) is 2.97. The summed E-state index contributed by atoms with van der Waals surface area (Å²) in [6, 6.07) is 8.21. The van der Waals surface area contributed by atoms with Crippen molar-refractivity contribution in [3.05, 3.63) is 47.3 Å². The average molecular weight is 286 g/mol. The van der Waals surface area contributed by atoms with Gasteiger partial charge in [-0.05, 0) is 24.0 Å². The zero-order chi connectivity index (χ0) is 14.8. The van der Waals surface area contributed by atoms with Crippen LogP contribution in [0.15, 0.2) is 30.5 Å². The molecule has 0 spiro atoms. The number of rotatable bonds is 4. The molecule has 5 heteroatoms. The topological polar surface area (TPSA) is 64.5 Å². The summed E-state index contributed by atoms with van der Waals surface area (Å²) < 4.78 is 10.3. The Morgan fingerprint density at radius 1 is 1.24 bits per heavy atom. The molecule has 5 nitrogen and oxygen atoms in total. The van der Waals surface area contributed by atoms with Gasteiger partial charge in [-0.1, -0.05) is 24.3 Å². The maximum Gasteiger partial charge on any atom is 0.241 e. The molecule has 2 aromatic rings. The molecule has 2 atom stereocenters. The highest BCUT2D eigenvalue weighted by Crippen LogP contribution is 2.42. The molecule has 1 aliphatic rings. The van der Waals surface area contributed by atoms with Gasteiger partial charge in [0.1, 0.15) is 11.8 Å². The number of aromatic nitrogens is 2. The number of aryl methyl sites for hydroxylation is 1. The maximum absolute atomic E-state index is 10.7. The summed E-state index contributed by atoms with van der Waals surface area (Å²) in [6.45, 7) is 0. The summed E-state index contributed by atoms with van der Waals surface area (Å²) in [5, 5.41) is 10.7. The molecule has 1 aromatic heterocycles. The Morgan fingerprint density at radius 3 is 2.81 bits per heavy atom. The van der Waals surface area contributed by atoms with E-state index in [0.717, 1.165) is 12.8 Å². The fourth-order valence-corrected chi connectivity index (χ4v) is 2.93. The Kier molecular flexibility index (Phi) is 3.75. The summed E-state index contributed by atoms with van der Waals surface area (Å²) in [5.74, 6) is 0.707. The van der Waals surface area contributed by atoms with Crippen LogP contribution < -0.4 is 9.47 Å². The van der Waals surface area contributed by atoms with Gasteiger partial charge in [0.15, 0.2) is 0 Å². The number of nitrogens with zero attached hydrogens (tertiary/aromatic N) is 2. The maximum atomic E-state index is 10.7. The molecule has 21 heavy (non-hydrogen) atoms. The highest BCUT2D eigenvalue weighted by molar-refractivity contribution is 5.38. The molecular formula is C16H18N2O3. The second kappa shape index (κ2) is 5.69. The predicted molar refractivity (Wildman–Crippen MR) is 77.6 cm³/mol. The van der Waals surface area contributed by atoms with Crippen LogP contribution in [0.5, 0.6) is 11.8 Å². The van der Waals surface area contributed by atoms with Crippen LogP contribution in [0.2, 0.25) is 0 Å². The number of ether oxygens (including phenoxy) is 2. The minimum atomic E-state index is -0.734. The van der Waals surface area contributed by atoms with Gasteiger partial charge in [-0.2, -0.15) is 4.98 Å². The zero-order valence-corrected chi connectivity index (χ0v) is 12.1. The van der Waals surface area contributed by atoms with E-state index in [2.05, 4.69) is 22.1 Å². The van der Waals surface area contributed by atoms with Gasteiger partial charge in [0.05, 0.1) is 20.4 Å². The van der Waals surface area contributed by atoms with Crippen LogP contribution in [-0.2, 0) is 6.42 Å². The molecule has 0 fully saturated rings. The Hall–Kier alpha value is -2.14. The number of fused-ring (bicyclic) bond motifs is 1. The molecule has 0 radical (unpaired) electrons. The molecule has 0 bridgehead atoms. The van der Waals surface area contributed by atoms with Crippen LogP contribution >= 0.6 is 0 Å². The molecule has 2 unspecified atom stereocenters. The smallest absolute Gasteiger partial charge is 0.241 e. The molecule has 0 saturated carbocycles. The number of benzene rings is 1. The number of hydrogen-bond acceptors (Lipinski definition) is 5. The Morgan fingerprint density at radius 2 is 2.05 bits per heavy atom. The van der Waals surface area contributed by atoms with Gasteiger partial charge >= 0.3 is 0 Å². The first-order valence-electron chi connectivity index (χ1n) is 6.95. The molecule has 110 valence electrons. The van der Waals surface area contributed by atoms with Crippen molar-refractivity contribution < 1.29 is 14.6 Å². The minimum Gasteiger partial charge on any atom is -0.480 e. The quantitative estimate of drug-likeness (QED) is 0.934. The van der Waals surface area contributed by atoms with Crippen molar-refractivity contribution >= 4 is 0 Å². The lowest BCUT2D eigenvalue weighted by Gasteiger charge is -2.20. The SMILES string of the molecule is COc1cnc(C(O)C2CCc3ccccc32)c(OC)n1. The van der Waals surface area contributed by atoms with Gasteiger partial charge in [0.25, 0.3) is 0 Å². The van der Waals surface area contributed by atoms with E-state index < -0.39 is 6.10 Å². The highest BCUT2D eigenvalue weighted by atomic mass is 16.5. The van der Waals surface area contributed by atoms with Crippen molar-refractivity contribution in [2.24, 2.45) is 0 Å². The third-order valence-corrected chi connectivity index (χ3v) is 3.99. The lowest BCUT2D eigenvalue weighted by atomic mass is 9.93. The fraction of sp³-hybridized carbons (Fsp3) is 0.375. The molecular weight excluding hydrogens is 268 g/mol. The fourth-order valence-electron chi connectivity index (χ4n) is 2.93. The Bertz CT molecular complexity index is 645. The molecule has 1 aliphatic carbocycles. The molecule has 1 heterocycles. The molecule has 0 aliphatic heterocycles. The van der Waals surface area contributed by atoms with Crippen LogP contribution in [0.3, 0.4) is 0 Å². The lowest BCUT2D eigenvalue weighted by Crippen LogP contribution is -2.12. The van der Waals surface area contributed by atoms with Crippen LogP contribution in [0.25, 0.3) is 0 Å². The summed E-state index contributed by atoms with van der Waals surface area (Å²) in [7, 11) is 3.04. The summed E-state index contributed by atoms with van der Waals surface area (Å²) >= 11 is 0. The Balaban J connectivity index is 1.94. The van der Waals surface area contributed by atoms with Gasteiger partial charge in [-0.3, -0.25) is 0 Å². The number of aliphatic hydroxyl groups is 1. The van der Waals surface area contributed by atoms with E-state index in [1.165, 1.54) is 31.5 Å². The van der Waals surface area contributed by atoms with Crippen LogP contribution in [0.4, 0.5) is 0 Å². The van der Waals surface area contributed by atoms with Gasteiger partial charge in [-0.15, -0.1) is 0 Å². The van der Waals surface area contributed by atoms with Crippen molar-refractivity contribution in [3.63, 3.8) is 0 Å². The van der Waals surface area contributed by atoms with Crippen LogP contribution in [-0.4, -0.2) is 29.3 Å². The molecule has 3 rings (SSSR count). The third-order valence-electron chi connectivity index (χ3n) is 3.99. The summed E-state index contributed by atoms with van der Waals surface area (Å²) in [6.07, 6.45) is 2.64. The van der Waals surface area contributed by atoms with Crippen molar-refractivity contribution in [1.82, 2.24) is 9.97 Å². The largest absolute Gasteiger partial charge is 0.480 e. The zero-order valence-electron chi connectivity index (χ0n) is 12.1. The van der Waals surface area contributed by atoms with E-state index >= 15 is 0 Å². The first-order chi connectivity index (χ1) is 10.2. The number of aliphatic hydroxyl groups excluding tert-OH is 1. The van der Waals surface area contributed by atoms with E-state index in [1.54, 1.807) is 0 Å². The van der Waals surface area contributed by atoms with E-state index in [9.17, 15) is 5.11 Å². The van der Waals surface area contributed by atoms with Crippen LogP contribution in [0.1, 0.15) is 35.3 Å². The predicted octanol–water partition coefficient (Wildman–Crippen LogP) is 2.26. The van der Waals surface area contributed by atoms with Crippen molar-refractivity contribution in [1.29, 1.82) is 0 Å². The van der Waals surface area contributed by atoms with E-state index in [4.69, 9.17) is 9.47 Å². The molecule has 1 aromatic carbocycles. The summed E-state index contributed by atoms with van der Waals surface area (Å²) in [4.78, 5) is 8.47. The number of hydrogen-bond donors (Lipinski definition) is 1. The minimum absolute atomic E-state index is 0.0257. The van der Waals surface area contributed by atoms with Crippen molar-refractivity contribution in [3.8, 4) is 11.8 Å². The van der Waals surface area contributed by atoms with Gasteiger partial charge in [0, 0.05) is 5.92 Å². The first kappa shape index (κ1) is 13.8. The van der Waals surface area contributed by atoms with E-state index in [0.29, 0.717) is 17.5 Å². The van der Waals surface area contributed by atoms with Crippen LogP contribution in [0, 0.1) is 0 Å². The normalized spacial score (nSPS) is 18.1. The molecule has 0 amide bonds. The van der Waals surface area contributed by atoms with Crippen molar-refractivity contribution in [2.75, 3.05) is 14.2 Å². The van der Waals surface area contributed by atoms with E-state index in [-0.39, 0.29) is 5.92 Å². The molecule has 1 N–H and O–H groups in total. The Labute approximate surface area is 123 Å². The highest BCUT2D eigenvalue weighted by Gasteiger charge is 2.32. The van der Waals surface area contributed by atoms with Gasteiger partial charge < -0.3 is 14.6 Å². The lowest BCUT2D eigenvalue weighted by molar-refractivity contribution is 0.135. The number of methoxy groups -OCH3 is 2. The summed E-state index contributed by atoms with van der Waals surface area (Å²) in [5.41, 5.74) is 2.94. The van der Waals surface area contributed by atoms with Gasteiger partial charge in [-0.25, -0.2) is 4.98 Å². The van der Waals surface area contributed by atoms with Gasteiger partial charge in [0.2, 0.25) is 11.8 Å². The van der Waals surface area contributed by atoms with Crippen molar-refractivity contribution in [2.45, 2.75) is 24.9 Å². The third kappa shape index (κ3) is 2.45. The van der Waals surface area contributed by atoms with E-state index in [1.807, 2.05) is 12.1 Å². The first-order valence-corrected chi connectivity index (χ1v) is 6.95. The standard InChI is InChI=1S/C16H18N2O3/c1-20-13-9-17-14(16(18-13)21-2)15(19)12-8-7-10-5-3-4-6-11(10)12/h3-6,9,12,15,19H,7-8H2,1-2H3. The molecule has 0 saturated heterocycles. The second-order valence-electron chi connectivity index (χ2n) is 5.10. The second-order valence-corrected chi connectivity index (χ2v) is 5.10.